The molecule has 0 aliphatic carbocycles. The number of hydrogen-bond donors (Lipinski definition) is 2. The first-order valence-corrected chi connectivity index (χ1v) is 7.91. The molecule has 21 heavy (non-hydrogen) atoms. The number of carbonyl (C=O) groups is 1. The van der Waals surface area contributed by atoms with E-state index in [0.717, 1.165) is 18.4 Å². The highest BCUT2D eigenvalue weighted by Gasteiger charge is 2.34. The van der Waals surface area contributed by atoms with E-state index in [1.165, 1.54) is 25.0 Å². The number of fused-ring (bicyclic) bond motifs is 2. The van der Waals surface area contributed by atoms with E-state index in [1.807, 2.05) is 13.0 Å². The van der Waals surface area contributed by atoms with Crippen molar-refractivity contribution in [2.24, 2.45) is 5.92 Å². The molecule has 2 heterocycles. The van der Waals surface area contributed by atoms with Crippen molar-refractivity contribution in [3.05, 3.63) is 35.6 Å². The molecule has 0 spiro atoms. The zero-order valence-electron chi connectivity index (χ0n) is 12.4. The Labute approximate surface area is 125 Å². The van der Waals surface area contributed by atoms with Gasteiger partial charge in [-0.1, -0.05) is 12.1 Å². The Morgan fingerprint density at radius 2 is 2.10 bits per heavy atom. The molecule has 2 unspecified atom stereocenters. The van der Waals surface area contributed by atoms with E-state index in [4.69, 9.17) is 0 Å². The molecule has 1 aromatic carbocycles. The van der Waals surface area contributed by atoms with Crippen LogP contribution in [-0.2, 0) is 4.79 Å². The highest BCUT2D eigenvalue weighted by atomic mass is 19.1. The van der Waals surface area contributed by atoms with E-state index < -0.39 is 0 Å². The topological polar surface area (TPSA) is 41.1 Å². The number of carbonyl (C=O) groups excluding carboxylic acids is 1. The Kier molecular flexibility index (Phi) is 4.24. The molecule has 1 aromatic rings. The molecule has 3 nitrogen and oxygen atoms in total. The molecule has 2 bridgehead atoms. The van der Waals surface area contributed by atoms with Crippen LogP contribution in [0.5, 0.6) is 0 Å². The molecule has 0 radical (unpaired) electrons. The zero-order chi connectivity index (χ0) is 14.8. The lowest BCUT2D eigenvalue weighted by Gasteiger charge is -2.29. The van der Waals surface area contributed by atoms with Crippen LogP contribution in [0.25, 0.3) is 0 Å². The smallest absolute Gasteiger partial charge is 0.220 e. The summed E-state index contributed by atoms with van der Waals surface area (Å²) in [4.78, 5) is 12.2. The summed E-state index contributed by atoms with van der Waals surface area (Å²) < 4.78 is 13.2. The third-order valence-corrected chi connectivity index (χ3v) is 4.77. The lowest BCUT2D eigenvalue weighted by molar-refractivity contribution is -0.122. The van der Waals surface area contributed by atoms with Crippen LogP contribution in [0.1, 0.15) is 50.6 Å². The van der Waals surface area contributed by atoms with Crippen LogP contribution in [0, 0.1) is 11.7 Å². The maximum Gasteiger partial charge on any atom is 0.220 e. The normalized spacial score (nSPS) is 29.1. The monoisotopic (exact) mass is 290 g/mol. The fourth-order valence-electron chi connectivity index (χ4n) is 3.76. The summed E-state index contributed by atoms with van der Waals surface area (Å²) in [6, 6.07) is 7.51. The molecule has 1 amide bonds. The Morgan fingerprint density at radius 3 is 2.76 bits per heavy atom. The van der Waals surface area contributed by atoms with Crippen molar-refractivity contribution in [1.82, 2.24) is 10.6 Å². The van der Waals surface area contributed by atoms with Crippen molar-refractivity contribution in [2.45, 2.75) is 57.2 Å². The first kappa shape index (κ1) is 14.5. The summed E-state index contributed by atoms with van der Waals surface area (Å²) in [6.07, 6.45) is 5.32. The molecule has 3 atom stereocenters. The number of nitrogens with one attached hydrogen (secondary N) is 2. The van der Waals surface area contributed by atoms with Gasteiger partial charge in [0.1, 0.15) is 5.82 Å². The van der Waals surface area contributed by atoms with Crippen LogP contribution >= 0.6 is 0 Å². The molecule has 4 heteroatoms. The second kappa shape index (κ2) is 6.14. The van der Waals surface area contributed by atoms with Crippen molar-refractivity contribution < 1.29 is 9.18 Å². The van der Waals surface area contributed by atoms with Crippen molar-refractivity contribution in [3.8, 4) is 0 Å². The molecule has 0 aromatic heterocycles. The van der Waals surface area contributed by atoms with Crippen LogP contribution in [0.15, 0.2) is 24.3 Å². The van der Waals surface area contributed by atoms with Crippen molar-refractivity contribution >= 4 is 5.91 Å². The van der Waals surface area contributed by atoms with Gasteiger partial charge in [0.15, 0.2) is 0 Å². The maximum absolute atomic E-state index is 13.2. The summed E-state index contributed by atoms with van der Waals surface area (Å²) >= 11 is 0. The maximum atomic E-state index is 13.2. The SMILES string of the molecule is C[C@H](NC(=O)CC1CC2CCC(C1)N2)c1cccc(F)c1. The number of halogens is 1. The summed E-state index contributed by atoms with van der Waals surface area (Å²) in [7, 11) is 0. The summed E-state index contributed by atoms with van der Waals surface area (Å²) in [5.74, 6) is 0.310. The van der Waals surface area contributed by atoms with Crippen LogP contribution in [0.3, 0.4) is 0 Å². The van der Waals surface area contributed by atoms with Gasteiger partial charge in [-0.05, 0) is 56.2 Å². The van der Waals surface area contributed by atoms with Gasteiger partial charge in [-0.2, -0.15) is 0 Å². The number of amides is 1. The quantitative estimate of drug-likeness (QED) is 0.895. The lowest BCUT2D eigenvalue weighted by Crippen LogP contribution is -2.40. The minimum Gasteiger partial charge on any atom is -0.350 e. The molecule has 2 aliphatic rings. The van der Waals surface area contributed by atoms with E-state index >= 15 is 0 Å². The summed E-state index contributed by atoms with van der Waals surface area (Å²) in [5, 5.41) is 6.59. The molecule has 3 rings (SSSR count). The van der Waals surface area contributed by atoms with E-state index in [0.29, 0.717) is 24.4 Å². The van der Waals surface area contributed by atoms with Crippen LogP contribution in [0.4, 0.5) is 4.39 Å². The average molecular weight is 290 g/mol. The first-order valence-electron chi connectivity index (χ1n) is 7.91. The van der Waals surface area contributed by atoms with Crippen LogP contribution in [0.2, 0.25) is 0 Å². The minimum absolute atomic E-state index is 0.0815. The van der Waals surface area contributed by atoms with Gasteiger partial charge in [-0.15, -0.1) is 0 Å². The molecule has 2 fully saturated rings. The number of piperidine rings is 1. The van der Waals surface area contributed by atoms with Crippen molar-refractivity contribution in [2.75, 3.05) is 0 Å². The molecular weight excluding hydrogens is 267 g/mol. The Hall–Kier alpha value is -1.42. The first-order chi connectivity index (χ1) is 10.1. The molecule has 2 aliphatic heterocycles. The summed E-state index contributed by atoms with van der Waals surface area (Å²) in [5.41, 5.74) is 0.814. The second-order valence-electron chi connectivity index (χ2n) is 6.52. The van der Waals surface area contributed by atoms with E-state index in [2.05, 4.69) is 10.6 Å². The van der Waals surface area contributed by atoms with Gasteiger partial charge in [-0.3, -0.25) is 4.79 Å². The molecule has 114 valence electrons. The number of rotatable bonds is 4. The minimum atomic E-state index is -0.261. The largest absolute Gasteiger partial charge is 0.350 e. The Morgan fingerprint density at radius 1 is 1.38 bits per heavy atom. The third-order valence-electron chi connectivity index (χ3n) is 4.77. The molecule has 2 N–H and O–H groups in total. The Bertz CT molecular complexity index is 507. The van der Waals surface area contributed by atoms with Gasteiger partial charge in [0.2, 0.25) is 5.91 Å². The fraction of sp³-hybridized carbons (Fsp3) is 0.588. The lowest BCUT2D eigenvalue weighted by atomic mass is 9.89. The van der Waals surface area contributed by atoms with Gasteiger partial charge in [0.05, 0.1) is 6.04 Å². The van der Waals surface area contributed by atoms with E-state index in [-0.39, 0.29) is 17.8 Å². The predicted molar refractivity (Wildman–Crippen MR) is 80.2 cm³/mol. The van der Waals surface area contributed by atoms with Gasteiger partial charge in [0, 0.05) is 18.5 Å². The number of hydrogen-bond acceptors (Lipinski definition) is 2. The molecular formula is C17H23FN2O. The Balaban J connectivity index is 1.52. The predicted octanol–water partition coefficient (Wildman–Crippen LogP) is 2.92. The highest BCUT2D eigenvalue weighted by molar-refractivity contribution is 5.76. The van der Waals surface area contributed by atoms with Crippen LogP contribution in [-0.4, -0.2) is 18.0 Å². The number of benzene rings is 1. The van der Waals surface area contributed by atoms with Crippen molar-refractivity contribution in [1.29, 1.82) is 0 Å². The van der Waals surface area contributed by atoms with Gasteiger partial charge < -0.3 is 10.6 Å². The van der Waals surface area contributed by atoms with Crippen molar-refractivity contribution in [3.63, 3.8) is 0 Å². The zero-order valence-corrected chi connectivity index (χ0v) is 12.4. The van der Waals surface area contributed by atoms with Crippen LogP contribution < -0.4 is 10.6 Å². The van der Waals surface area contributed by atoms with Gasteiger partial charge in [-0.25, -0.2) is 4.39 Å². The third kappa shape index (κ3) is 3.62. The van der Waals surface area contributed by atoms with Gasteiger partial charge in [0.25, 0.3) is 0 Å². The average Bonchev–Trinajstić information content (AvgIpc) is 2.77. The van der Waals surface area contributed by atoms with E-state index in [1.54, 1.807) is 6.07 Å². The molecule has 2 saturated heterocycles. The van der Waals surface area contributed by atoms with Gasteiger partial charge >= 0.3 is 0 Å². The van der Waals surface area contributed by atoms with E-state index in [9.17, 15) is 9.18 Å². The highest BCUT2D eigenvalue weighted by Crippen LogP contribution is 2.32. The second-order valence-corrected chi connectivity index (χ2v) is 6.52. The molecule has 0 saturated carbocycles. The summed E-state index contributed by atoms with van der Waals surface area (Å²) in [6.45, 7) is 1.90. The fourth-order valence-corrected chi connectivity index (χ4v) is 3.76. The standard InChI is InChI=1S/C17H23FN2O/c1-11(13-3-2-4-14(18)10-13)19-17(21)9-12-7-15-5-6-16(8-12)20-15/h2-4,10-12,15-16,20H,5-9H2,1H3,(H,19,21)/t11-,12?,15?,16?/m0/s1.